The van der Waals surface area contributed by atoms with Gasteiger partial charge in [0.05, 0.1) is 0 Å². The predicted molar refractivity (Wildman–Crippen MR) is 52.9 cm³/mol. The fraction of sp³-hybridized carbons (Fsp3) is 0.417. The van der Waals surface area contributed by atoms with Crippen LogP contribution in [0.5, 0.6) is 0 Å². The van der Waals surface area contributed by atoms with E-state index in [2.05, 4.69) is 32.0 Å². The maximum absolute atomic E-state index is 11.2. The Morgan fingerprint density at radius 3 is 2.46 bits per heavy atom. The first kappa shape index (κ1) is 8.49. The van der Waals surface area contributed by atoms with Gasteiger partial charge in [0.15, 0.2) is 0 Å². The predicted octanol–water partition coefficient (Wildman–Crippen LogP) is 2.75. The first-order valence-electron chi connectivity index (χ1n) is 4.78. The molecule has 0 heterocycles. The Labute approximate surface area is 78.8 Å². The van der Waals surface area contributed by atoms with Gasteiger partial charge in [-0.25, -0.2) is 0 Å². The Morgan fingerprint density at radius 1 is 1.23 bits per heavy atom. The van der Waals surface area contributed by atoms with Crippen molar-refractivity contribution in [3.05, 3.63) is 34.9 Å². The van der Waals surface area contributed by atoms with Crippen LogP contribution < -0.4 is 0 Å². The van der Waals surface area contributed by atoms with Crippen molar-refractivity contribution in [2.45, 2.75) is 32.6 Å². The van der Waals surface area contributed by atoms with Crippen molar-refractivity contribution in [2.24, 2.45) is 0 Å². The highest BCUT2D eigenvalue weighted by Crippen LogP contribution is 2.33. The lowest BCUT2D eigenvalue weighted by Crippen LogP contribution is -2.23. The summed E-state index contributed by atoms with van der Waals surface area (Å²) in [7, 11) is 0. The van der Waals surface area contributed by atoms with E-state index in [0.29, 0.717) is 5.78 Å². The van der Waals surface area contributed by atoms with Crippen LogP contribution in [0.1, 0.15) is 35.4 Å². The van der Waals surface area contributed by atoms with Gasteiger partial charge in [0.2, 0.25) is 0 Å². The first-order valence-corrected chi connectivity index (χ1v) is 4.78. The molecule has 13 heavy (non-hydrogen) atoms. The molecule has 0 aliphatic heterocycles. The van der Waals surface area contributed by atoms with Crippen molar-refractivity contribution >= 4 is 5.78 Å². The van der Waals surface area contributed by atoms with Crippen LogP contribution in [0.25, 0.3) is 0 Å². The van der Waals surface area contributed by atoms with Crippen LogP contribution in [0.3, 0.4) is 0 Å². The lowest BCUT2D eigenvalue weighted by atomic mass is 9.78. The number of hydrogen-bond donors (Lipinski definition) is 0. The highest BCUT2D eigenvalue weighted by molar-refractivity contribution is 5.91. The number of benzene rings is 1. The second-order valence-electron chi connectivity index (χ2n) is 3.90. The van der Waals surface area contributed by atoms with Crippen LogP contribution in [0.2, 0.25) is 0 Å². The number of aryl methyl sites for hydroxylation is 2. The van der Waals surface area contributed by atoms with Crippen molar-refractivity contribution in [2.75, 3.05) is 0 Å². The standard InChI is InChI=1S/C12H14O/c1-8-3-4-10(7-9(8)2)11-5-6-12(11)13/h3-4,7,11H,5-6H2,1-2H3. The summed E-state index contributed by atoms with van der Waals surface area (Å²) in [6.07, 6.45) is 1.82. The van der Waals surface area contributed by atoms with Crippen LogP contribution in [0.4, 0.5) is 0 Å². The van der Waals surface area contributed by atoms with Crippen LogP contribution >= 0.6 is 0 Å². The number of ketones is 1. The van der Waals surface area contributed by atoms with Gasteiger partial charge in [-0.05, 0) is 37.0 Å². The van der Waals surface area contributed by atoms with Crippen molar-refractivity contribution in [1.82, 2.24) is 0 Å². The zero-order valence-electron chi connectivity index (χ0n) is 8.13. The number of carbonyl (C=O) groups is 1. The number of Topliss-reactive ketones (excluding diaryl/α,β-unsaturated/α-hetero) is 1. The van der Waals surface area contributed by atoms with E-state index in [1.165, 1.54) is 16.7 Å². The van der Waals surface area contributed by atoms with E-state index in [4.69, 9.17) is 0 Å². The number of rotatable bonds is 1. The highest BCUT2D eigenvalue weighted by Gasteiger charge is 2.29. The molecule has 1 aliphatic carbocycles. The number of carbonyl (C=O) groups excluding carboxylic acids is 1. The summed E-state index contributed by atoms with van der Waals surface area (Å²) in [5.41, 5.74) is 3.80. The smallest absolute Gasteiger partial charge is 0.140 e. The van der Waals surface area contributed by atoms with Gasteiger partial charge in [0.25, 0.3) is 0 Å². The Hall–Kier alpha value is -1.11. The molecule has 1 saturated carbocycles. The zero-order valence-corrected chi connectivity index (χ0v) is 8.13. The summed E-state index contributed by atoms with van der Waals surface area (Å²) in [5, 5.41) is 0. The van der Waals surface area contributed by atoms with E-state index in [1.807, 2.05) is 0 Å². The zero-order chi connectivity index (χ0) is 9.42. The maximum Gasteiger partial charge on any atom is 0.140 e. The number of hydrogen-bond acceptors (Lipinski definition) is 1. The first-order chi connectivity index (χ1) is 6.18. The topological polar surface area (TPSA) is 17.1 Å². The molecular formula is C12H14O. The molecular weight excluding hydrogens is 160 g/mol. The summed E-state index contributed by atoms with van der Waals surface area (Å²) in [6, 6.07) is 6.34. The molecule has 1 fully saturated rings. The lowest BCUT2D eigenvalue weighted by Gasteiger charge is -2.24. The molecule has 0 aromatic heterocycles. The summed E-state index contributed by atoms with van der Waals surface area (Å²) in [5.74, 6) is 0.613. The van der Waals surface area contributed by atoms with E-state index in [-0.39, 0.29) is 5.92 Å². The largest absolute Gasteiger partial charge is 0.299 e. The van der Waals surface area contributed by atoms with Crippen molar-refractivity contribution in [1.29, 1.82) is 0 Å². The molecule has 1 aromatic rings. The average Bonchev–Trinajstić information content (AvgIpc) is 2.09. The normalized spacial score (nSPS) is 21.4. The van der Waals surface area contributed by atoms with Gasteiger partial charge < -0.3 is 0 Å². The van der Waals surface area contributed by atoms with Crippen LogP contribution in [-0.4, -0.2) is 5.78 Å². The van der Waals surface area contributed by atoms with Crippen molar-refractivity contribution < 1.29 is 4.79 Å². The van der Waals surface area contributed by atoms with Crippen LogP contribution in [0.15, 0.2) is 18.2 Å². The monoisotopic (exact) mass is 174 g/mol. The molecule has 2 rings (SSSR count). The van der Waals surface area contributed by atoms with Crippen molar-refractivity contribution in [3.63, 3.8) is 0 Å². The summed E-state index contributed by atoms with van der Waals surface area (Å²) < 4.78 is 0. The maximum atomic E-state index is 11.2. The van der Waals surface area contributed by atoms with E-state index < -0.39 is 0 Å². The fourth-order valence-electron chi connectivity index (χ4n) is 1.74. The molecule has 0 spiro atoms. The molecule has 1 nitrogen and oxygen atoms in total. The van der Waals surface area contributed by atoms with Gasteiger partial charge in [0.1, 0.15) is 5.78 Å². The van der Waals surface area contributed by atoms with E-state index in [0.717, 1.165) is 12.8 Å². The van der Waals surface area contributed by atoms with Gasteiger partial charge >= 0.3 is 0 Å². The molecule has 1 atom stereocenters. The summed E-state index contributed by atoms with van der Waals surface area (Å²) in [6.45, 7) is 4.20. The lowest BCUT2D eigenvalue weighted by molar-refractivity contribution is -0.125. The molecule has 0 amide bonds. The minimum absolute atomic E-state index is 0.208. The van der Waals surface area contributed by atoms with Gasteiger partial charge in [0, 0.05) is 12.3 Å². The second kappa shape index (κ2) is 2.99. The molecule has 1 aromatic carbocycles. The molecule has 1 heteroatoms. The molecule has 0 saturated heterocycles. The van der Waals surface area contributed by atoms with E-state index >= 15 is 0 Å². The van der Waals surface area contributed by atoms with Gasteiger partial charge in [-0.3, -0.25) is 4.79 Å². The molecule has 1 unspecified atom stereocenters. The Kier molecular flexibility index (Phi) is 1.95. The van der Waals surface area contributed by atoms with Crippen molar-refractivity contribution in [3.8, 4) is 0 Å². The molecule has 68 valence electrons. The average molecular weight is 174 g/mol. The third-order valence-corrected chi connectivity index (χ3v) is 3.00. The molecule has 0 radical (unpaired) electrons. The van der Waals surface area contributed by atoms with E-state index in [9.17, 15) is 4.79 Å². The highest BCUT2D eigenvalue weighted by atomic mass is 16.1. The quantitative estimate of drug-likeness (QED) is 0.639. The third kappa shape index (κ3) is 1.39. The Balaban J connectivity index is 2.31. The van der Waals surface area contributed by atoms with E-state index in [1.54, 1.807) is 0 Å². The second-order valence-corrected chi connectivity index (χ2v) is 3.90. The fourth-order valence-corrected chi connectivity index (χ4v) is 1.74. The van der Waals surface area contributed by atoms with Gasteiger partial charge in [-0.1, -0.05) is 18.2 Å². The summed E-state index contributed by atoms with van der Waals surface area (Å²) >= 11 is 0. The summed E-state index contributed by atoms with van der Waals surface area (Å²) in [4.78, 5) is 11.2. The SMILES string of the molecule is Cc1ccc(C2CCC2=O)cc1C. The van der Waals surface area contributed by atoms with Crippen LogP contribution in [0, 0.1) is 13.8 Å². The molecule has 1 aliphatic rings. The Bertz CT molecular complexity index is 352. The minimum Gasteiger partial charge on any atom is -0.299 e. The minimum atomic E-state index is 0.208. The molecule has 0 N–H and O–H groups in total. The Morgan fingerprint density at radius 2 is 2.00 bits per heavy atom. The van der Waals surface area contributed by atoms with Crippen LogP contribution in [-0.2, 0) is 4.79 Å². The third-order valence-electron chi connectivity index (χ3n) is 3.00. The van der Waals surface area contributed by atoms with Gasteiger partial charge in [-0.2, -0.15) is 0 Å². The molecule has 0 bridgehead atoms. The van der Waals surface area contributed by atoms with Gasteiger partial charge in [-0.15, -0.1) is 0 Å².